The summed E-state index contributed by atoms with van der Waals surface area (Å²) in [4.78, 5) is 15.9. The minimum absolute atomic E-state index is 0.223. The molecule has 0 N–H and O–H groups in total. The van der Waals surface area contributed by atoms with Crippen LogP contribution >= 0.6 is 22.9 Å². The zero-order valence-corrected chi connectivity index (χ0v) is 10.1. The molecular formula is C9H10ClNO4S. The quantitative estimate of drug-likeness (QED) is 0.781. The smallest absolute Gasteiger partial charge is 0.367 e. The minimum atomic E-state index is -0.506. The van der Waals surface area contributed by atoms with Crippen LogP contribution in [0.15, 0.2) is 0 Å². The van der Waals surface area contributed by atoms with Gasteiger partial charge in [0.15, 0.2) is 6.29 Å². The maximum absolute atomic E-state index is 11.4. The van der Waals surface area contributed by atoms with Crippen LogP contribution in [0.4, 0.5) is 0 Å². The van der Waals surface area contributed by atoms with Gasteiger partial charge in [0.25, 0.3) is 0 Å². The molecule has 1 fully saturated rings. The van der Waals surface area contributed by atoms with E-state index in [1.807, 2.05) is 0 Å². The number of hydrogen-bond acceptors (Lipinski definition) is 6. The lowest BCUT2D eigenvalue weighted by Crippen LogP contribution is -2.03. The molecule has 1 aromatic heterocycles. The number of esters is 1. The zero-order valence-electron chi connectivity index (χ0n) is 8.57. The summed E-state index contributed by atoms with van der Waals surface area (Å²) in [5, 5.41) is 0.459. The summed E-state index contributed by atoms with van der Waals surface area (Å²) in [6, 6.07) is 0. The zero-order chi connectivity index (χ0) is 11.5. The molecule has 0 saturated carbocycles. The summed E-state index contributed by atoms with van der Waals surface area (Å²) < 4.78 is 15.4. The topological polar surface area (TPSA) is 57.7 Å². The minimum Gasteiger partial charge on any atom is -0.461 e. The molecule has 0 amide bonds. The van der Waals surface area contributed by atoms with Crippen molar-refractivity contribution >= 4 is 28.9 Å². The summed E-state index contributed by atoms with van der Waals surface area (Å²) in [6.07, 6.45) is -0.506. The lowest BCUT2D eigenvalue weighted by Gasteiger charge is -2.04. The molecule has 0 aliphatic carbocycles. The Labute approximate surface area is 101 Å². The van der Waals surface area contributed by atoms with Gasteiger partial charge in [-0.15, -0.1) is 11.3 Å². The van der Waals surface area contributed by atoms with E-state index in [1.54, 1.807) is 6.92 Å². The number of thiazole rings is 1. The summed E-state index contributed by atoms with van der Waals surface area (Å²) in [7, 11) is 0. The lowest BCUT2D eigenvalue weighted by atomic mass is 10.5. The van der Waals surface area contributed by atoms with E-state index >= 15 is 0 Å². The van der Waals surface area contributed by atoms with E-state index in [0.717, 1.165) is 11.3 Å². The first kappa shape index (κ1) is 11.8. The molecule has 7 heteroatoms. The van der Waals surface area contributed by atoms with Crippen molar-refractivity contribution < 1.29 is 19.0 Å². The van der Waals surface area contributed by atoms with Crippen molar-refractivity contribution in [3.63, 3.8) is 0 Å². The van der Waals surface area contributed by atoms with Gasteiger partial charge in [0.1, 0.15) is 10.0 Å². The summed E-state index contributed by atoms with van der Waals surface area (Å²) in [5.41, 5.74) is 0. The number of nitrogens with zero attached hydrogens (tertiary/aromatic N) is 1. The predicted octanol–water partition coefficient (Wildman–Crippen LogP) is 2.02. The van der Waals surface area contributed by atoms with Gasteiger partial charge < -0.3 is 14.2 Å². The number of ether oxygens (including phenoxy) is 3. The molecule has 0 unspecified atom stereocenters. The first-order valence-electron chi connectivity index (χ1n) is 4.79. The van der Waals surface area contributed by atoms with Gasteiger partial charge in [-0.1, -0.05) is 11.6 Å². The molecule has 1 aliphatic rings. The van der Waals surface area contributed by atoms with E-state index in [0.29, 0.717) is 24.7 Å². The fraction of sp³-hybridized carbons (Fsp3) is 0.556. The SMILES string of the molecule is CCOC(=O)c1nc(Cl)c(C2OCCO2)s1. The Balaban J connectivity index is 2.17. The Kier molecular flexibility index (Phi) is 3.75. The van der Waals surface area contributed by atoms with Gasteiger partial charge in [-0.05, 0) is 6.92 Å². The van der Waals surface area contributed by atoms with Crippen LogP contribution < -0.4 is 0 Å². The van der Waals surface area contributed by atoms with Crippen LogP contribution in [0.5, 0.6) is 0 Å². The third-order valence-corrected chi connectivity index (χ3v) is 3.35. The molecule has 0 atom stereocenters. The van der Waals surface area contributed by atoms with Gasteiger partial charge in [-0.2, -0.15) is 0 Å². The second-order valence-corrected chi connectivity index (χ2v) is 4.36. The maximum atomic E-state index is 11.4. The Bertz CT molecular complexity index is 389. The Morgan fingerprint density at radius 3 is 2.94 bits per heavy atom. The van der Waals surface area contributed by atoms with Crippen LogP contribution in [0, 0.1) is 0 Å². The number of aromatic nitrogens is 1. The molecule has 2 rings (SSSR count). The van der Waals surface area contributed by atoms with Gasteiger partial charge >= 0.3 is 5.97 Å². The van der Waals surface area contributed by atoms with E-state index in [4.69, 9.17) is 25.8 Å². The normalized spacial score (nSPS) is 16.6. The fourth-order valence-corrected chi connectivity index (χ4v) is 2.44. The highest BCUT2D eigenvalue weighted by Crippen LogP contribution is 2.34. The fourth-order valence-electron chi connectivity index (χ4n) is 1.25. The average molecular weight is 264 g/mol. The Morgan fingerprint density at radius 1 is 1.62 bits per heavy atom. The molecule has 2 heterocycles. The first-order chi connectivity index (χ1) is 7.72. The van der Waals surface area contributed by atoms with Crippen LogP contribution in [-0.4, -0.2) is 30.8 Å². The van der Waals surface area contributed by atoms with Gasteiger partial charge in [-0.3, -0.25) is 0 Å². The van der Waals surface area contributed by atoms with E-state index in [-0.39, 0.29) is 10.2 Å². The largest absolute Gasteiger partial charge is 0.461 e. The van der Waals surface area contributed by atoms with Crippen molar-refractivity contribution in [3.8, 4) is 0 Å². The van der Waals surface area contributed by atoms with Crippen molar-refractivity contribution in [1.29, 1.82) is 0 Å². The van der Waals surface area contributed by atoms with Crippen LogP contribution in [0.2, 0.25) is 5.15 Å². The van der Waals surface area contributed by atoms with Crippen molar-refractivity contribution in [2.45, 2.75) is 13.2 Å². The molecule has 1 saturated heterocycles. The highest BCUT2D eigenvalue weighted by Gasteiger charge is 2.26. The molecule has 0 bridgehead atoms. The van der Waals surface area contributed by atoms with E-state index in [1.165, 1.54) is 0 Å². The van der Waals surface area contributed by atoms with Gasteiger partial charge in [0.05, 0.1) is 19.8 Å². The number of halogens is 1. The molecule has 1 aliphatic heterocycles. The third-order valence-electron chi connectivity index (χ3n) is 1.90. The molecular weight excluding hydrogens is 254 g/mol. The Hall–Kier alpha value is -0.690. The maximum Gasteiger partial charge on any atom is 0.367 e. The average Bonchev–Trinajstić information content (AvgIpc) is 2.86. The predicted molar refractivity (Wildman–Crippen MR) is 57.7 cm³/mol. The van der Waals surface area contributed by atoms with Crippen molar-refractivity contribution in [2.75, 3.05) is 19.8 Å². The van der Waals surface area contributed by atoms with Gasteiger partial charge in [0, 0.05) is 0 Å². The van der Waals surface area contributed by atoms with E-state index in [9.17, 15) is 4.79 Å². The van der Waals surface area contributed by atoms with Crippen molar-refractivity contribution in [3.05, 3.63) is 15.0 Å². The summed E-state index contributed by atoms with van der Waals surface area (Å²) >= 11 is 7.04. The monoisotopic (exact) mass is 263 g/mol. The number of carbonyl (C=O) groups excluding carboxylic acids is 1. The third kappa shape index (κ3) is 2.35. The first-order valence-corrected chi connectivity index (χ1v) is 5.98. The molecule has 1 aromatic rings. The van der Waals surface area contributed by atoms with Crippen LogP contribution in [0.25, 0.3) is 0 Å². The van der Waals surface area contributed by atoms with Crippen LogP contribution in [0.1, 0.15) is 27.9 Å². The summed E-state index contributed by atoms with van der Waals surface area (Å²) in [5.74, 6) is -0.473. The molecule has 88 valence electrons. The molecule has 16 heavy (non-hydrogen) atoms. The Morgan fingerprint density at radius 2 is 2.31 bits per heavy atom. The van der Waals surface area contributed by atoms with E-state index in [2.05, 4.69) is 4.98 Å². The molecule has 5 nitrogen and oxygen atoms in total. The van der Waals surface area contributed by atoms with E-state index < -0.39 is 12.3 Å². The number of carbonyl (C=O) groups is 1. The van der Waals surface area contributed by atoms with Gasteiger partial charge in [0.2, 0.25) is 5.01 Å². The van der Waals surface area contributed by atoms with Crippen LogP contribution in [0.3, 0.4) is 0 Å². The summed E-state index contributed by atoms with van der Waals surface area (Å²) in [6.45, 7) is 3.08. The van der Waals surface area contributed by atoms with Crippen molar-refractivity contribution in [1.82, 2.24) is 4.98 Å². The molecule has 0 aromatic carbocycles. The van der Waals surface area contributed by atoms with Gasteiger partial charge in [-0.25, -0.2) is 9.78 Å². The standard InChI is InChI=1S/C9H10ClNO4S/c1-2-13-8(12)7-11-6(10)5(16-7)9-14-3-4-15-9/h9H,2-4H2,1H3. The lowest BCUT2D eigenvalue weighted by molar-refractivity contribution is -0.0413. The highest BCUT2D eigenvalue weighted by atomic mass is 35.5. The molecule has 0 radical (unpaired) electrons. The van der Waals surface area contributed by atoms with Crippen molar-refractivity contribution in [2.24, 2.45) is 0 Å². The second kappa shape index (κ2) is 5.09. The number of rotatable bonds is 3. The van der Waals surface area contributed by atoms with Crippen LogP contribution in [-0.2, 0) is 14.2 Å². The second-order valence-electron chi connectivity index (χ2n) is 2.97. The highest BCUT2D eigenvalue weighted by molar-refractivity contribution is 7.14. The number of hydrogen-bond donors (Lipinski definition) is 0. The molecule has 0 spiro atoms.